The summed E-state index contributed by atoms with van der Waals surface area (Å²) in [6.07, 6.45) is -9.55. The van der Waals surface area contributed by atoms with Gasteiger partial charge in [-0.3, -0.25) is 9.59 Å². The Morgan fingerprint density at radius 1 is 0.854 bits per heavy atom. The Bertz CT molecular complexity index is 1060. The van der Waals surface area contributed by atoms with Crippen molar-refractivity contribution in [1.29, 1.82) is 0 Å². The number of aliphatic hydroxyl groups excluding tert-OH is 4. The molecule has 3 saturated heterocycles. The predicted octanol–water partition coefficient (Wildman–Crippen LogP) is 1.63. The highest BCUT2D eigenvalue weighted by Gasteiger charge is 2.48. The summed E-state index contributed by atoms with van der Waals surface area (Å²) in [6.45, 7) is 15.2. The Morgan fingerprint density at radius 2 is 1.48 bits per heavy atom. The molecule has 5 N–H and O–H groups in total. The topological polar surface area (TPSA) is 185 Å². The maximum atomic E-state index is 13.9. The number of hydrogen-bond donors (Lipinski definition) is 5. The van der Waals surface area contributed by atoms with Gasteiger partial charge in [-0.05, 0) is 54.6 Å². The number of Topliss-reactive ketones (excluding diaryl/α,β-unsaturated/α-hetero) is 1. The van der Waals surface area contributed by atoms with Crippen molar-refractivity contribution in [2.75, 3.05) is 14.1 Å². The van der Waals surface area contributed by atoms with Crippen molar-refractivity contribution in [3.8, 4) is 0 Å². The summed E-state index contributed by atoms with van der Waals surface area (Å²) in [4.78, 5) is 29.4. The molecule has 3 heterocycles. The van der Waals surface area contributed by atoms with E-state index in [1.54, 1.807) is 41.5 Å². The number of rotatable bonds is 6. The molecule has 0 amide bonds. The molecule has 3 rings (SSSR count). The third-order valence-corrected chi connectivity index (χ3v) is 11.1. The van der Waals surface area contributed by atoms with Crippen LogP contribution in [0.25, 0.3) is 0 Å². The zero-order chi connectivity index (χ0) is 36.4. The lowest BCUT2D eigenvalue weighted by Gasteiger charge is -2.46. The van der Waals surface area contributed by atoms with Crippen molar-refractivity contribution >= 4 is 11.8 Å². The fourth-order valence-corrected chi connectivity index (χ4v) is 7.55. The van der Waals surface area contributed by atoms with Gasteiger partial charge in [0.2, 0.25) is 0 Å². The number of carbonyl (C=O) groups is 2. The molecule has 18 atom stereocenters. The maximum Gasteiger partial charge on any atom is 0.311 e. The predicted molar refractivity (Wildman–Crippen MR) is 175 cm³/mol. The minimum absolute atomic E-state index is 0.0857. The summed E-state index contributed by atoms with van der Waals surface area (Å²) >= 11 is 0. The Kier molecular flexibility index (Phi) is 14.4. The second-order valence-electron chi connectivity index (χ2n) is 15.3. The summed E-state index contributed by atoms with van der Waals surface area (Å²) in [5.41, 5.74) is -1.54. The van der Waals surface area contributed by atoms with E-state index in [0.717, 1.165) is 0 Å². The summed E-state index contributed by atoms with van der Waals surface area (Å²) < 4.78 is 31.1. The molecule has 280 valence electrons. The normalized spacial score (nSPS) is 49.0. The highest BCUT2D eigenvalue weighted by Crippen LogP contribution is 2.37. The Balaban J connectivity index is 2.09. The van der Waals surface area contributed by atoms with E-state index < -0.39 is 103 Å². The van der Waals surface area contributed by atoms with Gasteiger partial charge in [0.15, 0.2) is 12.6 Å². The lowest BCUT2D eigenvalue weighted by atomic mass is 9.79. The van der Waals surface area contributed by atoms with Gasteiger partial charge in [-0.2, -0.15) is 0 Å². The first-order valence-electron chi connectivity index (χ1n) is 17.7. The third-order valence-electron chi connectivity index (χ3n) is 11.1. The van der Waals surface area contributed by atoms with Gasteiger partial charge in [-0.1, -0.05) is 34.6 Å². The van der Waals surface area contributed by atoms with Crippen LogP contribution in [0.15, 0.2) is 0 Å². The third kappa shape index (κ3) is 9.34. The molecule has 0 aliphatic carbocycles. The van der Waals surface area contributed by atoms with Crippen molar-refractivity contribution in [2.24, 2.45) is 29.6 Å². The van der Waals surface area contributed by atoms with Crippen LogP contribution in [-0.2, 0) is 33.3 Å². The van der Waals surface area contributed by atoms with Crippen LogP contribution in [0.3, 0.4) is 0 Å². The average Bonchev–Trinajstić information content (AvgIpc) is 3.02. The monoisotopic (exact) mass is 689 g/mol. The van der Waals surface area contributed by atoms with E-state index in [1.165, 1.54) is 6.92 Å². The molecule has 0 aromatic carbocycles. The zero-order valence-corrected chi connectivity index (χ0v) is 30.7. The number of ketones is 1. The first-order valence-corrected chi connectivity index (χ1v) is 17.7. The smallest absolute Gasteiger partial charge is 0.311 e. The van der Waals surface area contributed by atoms with Gasteiger partial charge in [0.1, 0.15) is 24.1 Å². The number of likely N-dealkylation sites (N-methyl/N-ethyl adjacent to an activating group) is 1. The highest BCUT2D eigenvalue weighted by atomic mass is 16.7. The minimum atomic E-state index is -1.54. The van der Waals surface area contributed by atoms with Crippen LogP contribution in [0.5, 0.6) is 0 Å². The number of cyclic esters (lactones) is 1. The van der Waals surface area contributed by atoms with Crippen LogP contribution in [0, 0.1) is 29.6 Å². The lowest BCUT2D eigenvalue weighted by Crippen LogP contribution is -2.57. The molecule has 0 bridgehead atoms. The van der Waals surface area contributed by atoms with E-state index in [2.05, 4.69) is 0 Å². The number of carbonyl (C=O) groups excluding carboxylic acids is 2. The molecule has 0 saturated carbocycles. The molecule has 3 aliphatic rings. The van der Waals surface area contributed by atoms with Gasteiger partial charge in [-0.25, -0.2) is 0 Å². The molecule has 13 nitrogen and oxygen atoms in total. The van der Waals surface area contributed by atoms with Crippen molar-refractivity contribution < 1.29 is 58.8 Å². The van der Waals surface area contributed by atoms with Crippen LogP contribution in [0.1, 0.15) is 88.0 Å². The fourth-order valence-electron chi connectivity index (χ4n) is 7.55. The first-order chi connectivity index (χ1) is 22.2. The van der Waals surface area contributed by atoms with Gasteiger partial charge < -0.3 is 54.1 Å². The summed E-state index contributed by atoms with van der Waals surface area (Å²) in [7, 11) is 3.72. The van der Waals surface area contributed by atoms with Gasteiger partial charge >= 0.3 is 5.97 Å². The fraction of sp³-hybridized carbons (Fsp3) is 0.943. The lowest BCUT2D eigenvalue weighted by molar-refractivity contribution is -0.304. The van der Waals surface area contributed by atoms with Crippen molar-refractivity contribution in [2.45, 2.75) is 167 Å². The number of nitrogens with zero attached hydrogens (tertiary/aromatic N) is 1. The molecule has 3 fully saturated rings. The molecular formula is C35H63NO12. The largest absolute Gasteiger partial charge is 0.462 e. The second kappa shape index (κ2) is 16.8. The Labute approximate surface area is 286 Å². The van der Waals surface area contributed by atoms with E-state index in [4.69, 9.17) is 23.7 Å². The summed E-state index contributed by atoms with van der Waals surface area (Å²) in [5.74, 6) is -4.87. The van der Waals surface area contributed by atoms with Crippen LogP contribution in [0.2, 0.25) is 0 Å². The minimum Gasteiger partial charge on any atom is -0.462 e. The van der Waals surface area contributed by atoms with Gasteiger partial charge in [-0.15, -0.1) is 0 Å². The van der Waals surface area contributed by atoms with E-state index in [-0.39, 0.29) is 30.8 Å². The first kappa shape index (κ1) is 41.2. The van der Waals surface area contributed by atoms with Crippen LogP contribution in [-0.4, -0.2) is 135 Å². The zero-order valence-electron chi connectivity index (χ0n) is 30.7. The number of hydrogen-bond acceptors (Lipinski definition) is 13. The second-order valence-corrected chi connectivity index (χ2v) is 15.3. The quantitative estimate of drug-likeness (QED) is 0.254. The van der Waals surface area contributed by atoms with Gasteiger partial charge in [0.25, 0.3) is 0 Å². The van der Waals surface area contributed by atoms with E-state index in [9.17, 15) is 35.1 Å². The Hall–Kier alpha value is -1.26. The molecular weight excluding hydrogens is 626 g/mol. The average molecular weight is 690 g/mol. The van der Waals surface area contributed by atoms with Crippen molar-refractivity contribution in [3.05, 3.63) is 0 Å². The summed E-state index contributed by atoms with van der Waals surface area (Å²) in [6, 6.07) is -0.278. The molecule has 13 heteroatoms. The summed E-state index contributed by atoms with van der Waals surface area (Å²) in [5, 5.41) is 55.6. The van der Waals surface area contributed by atoms with E-state index >= 15 is 0 Å². The van der Waals surface area contributed by atoms with Gasteiger partial charge in [0.05, 0.1) is 48.1 Å². The SMILES string of the molecule is CCC1OC(=O)C(C)C(OC2CC(C)(O)C(O)C(C)O2)C(C)C(OC2OC(C)CC(N(C)C)C2O)CC(O)C(C)C(=O)C(C)C(O)C1C. The van der Waals surface area contributed by atoms with Crippen LogP contribution in [0.4, 0.5) is 0 Å². The molecule has 0 spiro atoms. The van der Waals surface area contributed by atoms with Gasteiger partial charge in [0, 0.05) is 42.6 Å². The maximum absolute atomic E-state index is 13.9. The van der Waals surface area contributed by atoms with Crippen molar-refractivity contribution in [3.63, 3.8) is 0 Å². The van der Waals surface area contributed by atoms with E-state index in [0.29, 0.717) is 12.8 Å². The van der Waals surface area contributed by atoms with Crippen LogP contribution >= 0.6 is 0 Å². The van der Waals surface area contributed by atoms with Crippen molar-refractivity contribution in [1.82, 2.24) is 4.90 Å². The number of ether oxygens (including phenoxy) is 5. The van der Waals surface area contributed by atoms with Crippen LogP contribution < -0.4 is 0 Å². The molecule has 0 aromatic rings. The molecule has 3 aliphatic heterocycles. The Morgan fingerprint density at radius 3 is 2.04 bits per heavy atom. The molecule has 48 heavy (non-hydrogen) atoms. The van der Waals surface area contributed by atoms with E-state index in [1.807, 2.05) is 32.8 Å². The number of aliphatic hydroxyl groups is 5. The number of esters is 1. The molecule has 0 radical (unpaired) electrons. The molecule has 18 unspecified atom stereocenters. The molecule has 0 aromatic heterocycles. The highest BCUT2D eigenvalue weighted by molar-refractivity contribution is 5.84. The standard InChI is InChI=1S/C35H63NO12/c1-12-25-18(4)29(39)20(6)28(38)17(3)24(37)14-26(47-34-30(40)23(36(10)11)13-16(2)44-34)19(5)31(21(7)33(42)46-25)48-27-15-35(9,43)32(41)22(8)45-27/h16-27,29-32,34,37,39-41,43H,12-15H2,1-11H3.